The zero-order chi connectivity index (χ0) is 24.2. The molecule has 0 aromatic heterocycles. The van der Waals surface area contributed by atoms with Gasteiger partial charge in [-0.1, -0.05) is 34.6 Å². The second-order valence-electron chi connectivity index (χ2n) is 14.3. The lowest BCUT2D eigenvalue weighted by Gasteiger charge is -2.72. The summed E-state index contributed by atoms with van der Waals surface area (Å²) in [5, 5.41) is 21.3. The number of carboxylic acid groups (broad SMARTS) is 1. The first kappa shape index (κ1) is 23.8. The molecule has 0 aromatic carbocycles. The van der Waals surface area contributed by atoms with E-state index in [1.807, 2.05) is 0 Å². The van der Waals surface area contributed by atoms with Gasteiger partial charge >= 0.3 is 5.97 Å². The van der Waals surface area contributed by atoms with E-state index in [1.165, 1.54) is 6.42 Å². The molecule has 0 amide bonds. The first-order valence-electron chi connectivity index (χ1n) is 13.7. The second kappa shape index (κ2) is 7.08. The Balaban J connectivity index is 1.57. The van der Waals surface area contributed by atoms with Gasteiger partial charge in [-0.2, -0.15) is 0 Å². The average molecular weight is 459 g/mol. The molecule has 0 heterocycles. The Bertz CT molecular complexity index is 864. The summed E-state index contributed by atoms with van der Waals surface area (Å²) in [5.41, 5.74) is -0.287. The minimum Gasteiger partial charge on any atom is -0.481 e. The molecule has 186 valence electrons. The van der Waals surface area contributed by atoms with Crippen LogP contribution in [0.15, 0.2) is 0 Å². The zero-order valence-electron chi connectivity index (χ0n) is 21.7. The van der Waals surface area contributed by atoms with Crippen molar-refractivity contribution in [2.75, 3.05) is 0 Å². The molecule has 2 N–H and O–H groups in total. The molecule has 0 spiro atoms. The Labute approximate surface area is 200 Å². The van der Waals surface area contributed by atoms with Crippen LogP contribution < -0.4 is 0 Å². The van der Waals surface area contributed by atoms with Crippen molar-refractivity contribution < 1.29 is 19.8 Å². The average Bonchev–Trinajstić information content (AvgIpc) is 3.13. The predicted octanol–water partition coefficient (Wildman–Crippen LogP) is 6.10. The molecule has 0 saturated heterocycles. The van der Waals surface area contributed by atoms with Gasteiger partial charge in [-0.15, -0.1) is 0 Å². The van der Waals surface area contributed by atoms with E-state index in [1.54, 1.807) is 6.92 Å². The lowest BCUT2D eigenvalue weighted by atomic mass is 9.32. The number of rotatable bonds is 2. The van der Waals surface area contributed by atoms with Crippen molar-refractivity contribution in [2.45, 2.75) is 112 Å². The van der Waals surface area contributed by atoms with Crippen molar-refractivity contribution in [1.29, 1.82) is 0 Å². The van der Waals surface area contributed by atoms with Crippen LogP contribution in [0.2, 0.25) is 0 Å². The number of hydrogen-bond acceptors (Lipinski definition) is 3. The van der Waals surface area contributed by atoms with Crippen LogP contribution in [-0.2, 0) is 9.59 Å². The normalized spacial score (nSPS) is 55.0. The van der Waals surface area contributed by atoms with Gasteiger partial charge in [-0.05, 0) is 116 Å². The van der Waals surface area contributed by atoms with Crippen molar-refractivity contribution in [3.05, 3.63) is 0 Å². The number of carbonyl (C=O) groups excluding carboxylic acids is 1. The summed E-state index contributed by atoms with van der Waals surface area (Å²) in [6.07, 6.45) is 9.44. The van der Waals surface area contributed by atoms with Crippen molar-refractivity contribution in [1.82, 2.24) is 0 Å². The van der Waals surface area contributed by atoms with Gasteiger partial charge in [0.25, 0.3) is 0 Å². The summed E-state index contributed by atoms with van der Waals surface area (Å²) >= 11 is 0. The van der Waals surface area contributed by atoms with Crippen LogP contribution in [0.25, 0.3) is 0 Å². The molecule has 0 radical (unpaired) electrons. The maximum atomic E-state index is 12.7. The summed E-state index contributed by atoms with van der Waals surface area (Å²) in [7, 11) is 0. The largest absolute Gasteiger partial charge is 0.481 e. The summed E-state index contributed by atoms with van der Waals surface area (Å²) in [5.74, 6) is 0.932. The number of fused-ring (bicyclic) bond motifs is 7. The summed E-state index contributed by atoms with van der Waals surface area (Å²) in [6.45, 7) is 13.8. The van der Waals surface area contributed by atoms with Crippen LogP contribution >= 0.6 is 0 Å². The van der Waals surface area contributed by atoms with Crippen molar-refractivity contribution in [3.8, 4) is 0 Å². The van der Waals surface area contributed by atoms with Gasteiger partial charge in [0, 0.05) is 5.92 Å². The molecule has 5 saturated carbocycles. The Morgan fingerprint density at radius 3 is 2.09 bits per heavy atom. The van der Waals surface area contributed by atoms with Gasteiger partial charge in [0.15, 0.2) is 0 Å². The van der Waals surface area contributed by atoms with Gasteiger partial charge < -0.3 is 10.2 Å². The molecule has 33 heavy (non-hydrogen) atoms. The van der Waals surface area contributed by atoms with Gasteiger partial charge in [0.2, 0.25) is 0 Å². The Morgan fingerprint density at radius 1 is 0.758 bits per heavy atom. The first-order chi connectivity index (χ1) is 15.3. The van der Waals surface area contributed by atoms with Gasteiger partial charge in [-0.3, -0.25) is 9.59 Å². The SMILES string of the molecule is CC(=O)[C@@H]1CC[C@]2(C(=O)O)CC[C@]3(C)C(CCC4[C@@]5(C)CC[C@H](O)C(C)(C)C5CC[C@]43C)C12. The van der Waals surface area contributed by atoms with E-state index >= 15 is 0 Å². The first-order valence-corrected chi connectivity index (χ1v) is 13.7. The minimum atomic E-state index is -0.693. The van der Waals surface area contributed by atoms with E-state index in [9.17, 15) is 19.8 Å². The fourth-order valence-electron chi connectivity index (χ4n) is 11.4. The number of carboxylic acids is 1. The Kier molecular flexibility index (Phi) is 5.11. The lowest BCUT2D eigenvalue weighted by molar-refractivity contribution is -0.248. The highest BCUT2D eigenvalue weighted by Crippen LogP contribution is 2.77. The van der Waals surface area contributed by atoms with Crippen molar-refractivity contribution in [3.63, 3.8) is 0 Å². The number of aliphatic carboxylic acids is 1. The molecule has 0 bridgehead atoms. The van der Waals surface area contributed by atoms with Crippen LogP contribution in [0.5, 0.6) is 0 Å². The summed E-state index contributed by atoms with van der Waals surface area (Å²) in [4.78, 5) is 25.4. The second-order valence-corrected chi connectivity index (χ2v) is 14.3. The Morgan fingerprint density at radius 2 is 1.45 bits per heavy atom. The lowest BCUT2D eigenvalue weighted by Crippen LogP contribution is -2.67. The van der Waals surface area contributed by atoms with E-state index in [2.05, 4.69) is 34.6 Å². The third-order valence-electron chi connectivity index (χ3n) is 13.4. The highest BCUT2D eigenvalue weighted by atomic mass is 16.4. The highest BCUT2D eigenvalue weighted by molar-refractivity contribution is 5.83. The van der Waals surface area contributed by atoms with Crippen LogP contribution in [-0.4, -0.2) is 28.1 Å². The molecule has 0 aliphatic heterocycles. The summed E-state index contributed by atoms with van der Waals surface area (Å²) in [6, 6.07) is 0. The maximum absolute atomic E-state index is 12.7. The predicted molar refractivity (Wildman–Crippen MR) is 128 cm³/mol. The van der Waals surface area contributed by atoms with Crippen LogP contribution in [0.4, 0.5) is 0 Å². The molecular formula is C29H46O4. The third kappa shape index (κ3) is 2.74. The van der Waals surface area contributed by atoms with Gasteiger partial charge in [-0.25, -0.2) is 0 Å². The van der Waals surface area contributed by atoms with E-state index in [0.29, 0.717) is 24.2 Å². The zero-order valence-corrected chi connectivity index (χ0v) is 21.7. The molecular weight excluding hydrogens is 412 g/mol. The van der Waals surface area contributed by atoms with Gasteiger partial charge in [0.1, 0.15) is 5.78 Å². The number of Topliss-reactive ketones (excluding diaryl/α,β-unsaturated/α-hetero) is 1. The smallest absolute Gasteiger partial charge is 0.309 e. The summed E-state index contributed by atoms with van der Waals surface area (Å²) < 4.78 is 0. The molecule has 5 fully saturated rings. The molecule has 4 heteroatoms. The number of ketones is 1. The molecule has 0 aromatic rings. The fraction of sp³-hybridized carbons (Fsp3) is 0.931. The fourth-order valence-corrected chi connectivity index (χ4v) is 11.4. The monoisotopic (exact) mass is 458 g/mol. The van der Waals surface area contributed by atoms with E-state index in [-0.39, 0.29) is 45.4 Å². The molecule has 5 rings (SSSR count). The number of carbonyl (C=O) groups is 2. The molecule has 10 atom stereocenters. The number of aliphatic hydroxyl groups is 1. The molecule has 4 nitrogen and oxygen atoms in total. The van der Waals surface area contributed by atoms with E-state index in [0.717, 1.165) is 51.4 Å². The van der Waals surface area contributed by atoms with Crippen LogP contribution in [0.3, 0.4) is 0 Å². The van der Waals surface area contributed by atoms with Crippen LogP contribution in [0, 0.1) is 56.7 Å². The topological polar surface area (TPSA) is 74.6 Å². The molecule has 5 aliphatic rings. The standard InChI is InChI=1S/C29H46O4/c1-17(30)18-9-14-29(24(32)33)16-15-27(5)19(23(18)29)7-8-21-26(4)12-11-22(31)25(2,3)20(26)10-13-28(21,27)6/h18-23,31H,7-16H2,1-6H3,(H,32,33)/t18-,19?,20?,21?,22-,23?,26-,27+,28+,29-/m0/s1. The van der Waals surface area contributed by atoms with Crippen LogP contribution in [0.1, 0.15) is 106 Å². The van der Waals surface area contributed by atoms with E-state index < -0.39 is 11.4 Å². The number of hydrogen-bond donors (Lipinski definition) is 2. The maximum Gasteiger partial charge on any atom is 0.309 e. The third-order valence-corrected chi connectivity index (χ3v) is 13.4. The minimum absolute atomic E-state index is 0.000765. The molecule has 5 aliphatic carbocycles. The molecule has 4 unspecified atom stereocenters. The number of aliphatic hydroxyl groups excluding tert-OH is 1. The van der Waals surface area contributed by atoms with Gasteiger partial charge in [0.05, 0.1) is 11.5 Å². The van der Waals surface area contributed by atoms with Crippen molar-refractivity contribution in [2.24, 2.45) is 56.7 Å². The highest BCUT2D eigenvalue weighted by Gasteiger charge is 2.72. The van der Waals surface area contributed by atoms with E-state index in [4.69, 9.17) is 0 Å². The Hall–Kier alpha value is -0.900. The quantitative estimate of drug-likeness (QED) is 0.524. The van der Waals surface area contributed by atoms with Crippen molar-refractivity contribution >= 4 is 11.8 Å².